The number of pyridine rings is 1. The molecule has 3 aromatic rings. The van der Waals surface area contributed by atoms with Gasteiger partial charge in [-0.25, -0.2) is 18.1 Å². The Labute approximate surface area is 153 Å². The van der Waals surface area contributed by atoms with Gasteiger partial charge in [0.2, 0.25) is 10.0 Å². The highest BCUT2D eigenvalue weighted by Gasteiger charge is 2.20. The molecule has 1 atom stereocenters. The van der Waals surface area contributed by atoms with Crippen LogP contribution in [0.3, 0.4) is 0 Å². The van der Waals surface area contributed by atoms with E-state index in [9.17, 15) is 8.42 Å². The van der Waals surface area contributed by atoms with Gasteiger partial charge in [0.15, 0.2) is 0 Å². The minimum absolute atomic E-state index is 0.0737. The van der Waals surface area contributed by atoms with Gasteiger partial charge in [0.25, 0.3) is 0 Å². The number of H-pyrrole nitrogens is 1. The van der Waals surface area contributed by atoms with Crippen molar-refractivity contribution in [1.29, 1.82) is 0 Å². The fourth-order valence-corrected chi connectivity index (χ4v) is 4.37. The number of nitrogens with zero attached hydrogens (tertiary/aromatic N) is 1. The van der Waals surface area contributed by atoms with Crippen LogP contribution in [0.4, 0.5) is 0 Å². The van der Waals surface area contributed by atoms with E-state index < -0.39 is 10.0 Å². The van der Waals surface area contributed by atoms with Crippen LogP contribution in [0.1, 0.15) is 12.5 Å². The molecular formula is C16H15BrClN3O2S. The summed E-state index contributed by atoms with van der Waals surface area (Å²) in [5.74, 6) is 0. The van der Waals surface area contributed by atoms with Crippen molar-refractivity contribution in [3.05, 3.63) is 57.9 Å². The van der Waals surface area contributed by atoms with Crippen LogP contribution in [0.25, 0.3) is 10.9 Å². The van der Waals surface area contributed by atoms with Gasteiger partial charge < -0.3 is 4.98 Å². The maximum atomic E-state index is 12.5. The van der Waals surface area contributed by atoms with Crippen molar-refractivity contribution in [3.8, 4) is 0 Å². The molecule has 126 valence electrons. The summed E-state index contributed by atoms with van der Waals surface area (Å²) in [4.78, 5) is 7.13. The number of nitrogens with one attached hydrogen (secondary N) is 2. The van der Waals surface area contributed by atoms with E-state index in [1.54, 1.807) is 0 Å². The lowest BCUT2D eigenvalue weighted by atomic mass is 10.1. The van der Waals surface area contributed by atoms with Crippen molar-refractivity contribution in [1.82, 2.24) is 14.7 Å². The fourth-order valence-electron chi connectivity index (χ4n) is 2.56. The van der Waals surface area contributed by atoms with Gasteiger partial charge in [-0.1, -0.05) is 29.8 Å². The molecule has 1 unspecified atom stereocenters. The monoisotopic (exact) mass is 427 g/mol. The van der Waals surface area contributed by atoms with Crippen LogP contribution in [-0.2, 0) is 16.4 Å². The molecule has 0 amide bonds. The van der Waals surface area contributed by atoms with Crippen LogP contribution in [0.15, 0.2) is 52.1 Å². The van der Waals surface area contributed by atoms with Crippen LogP contribution in [0.2, 0.25) is 5.15 Å². The molecular weight excluding hydrogens is 414 g/mol. The van der Waals surface area contributed by atoms with Crippen LogP contribution in [0, 0.1) is 0 Å². The number of aromatic amines is 1. The minimum atomic E-state index is -3.67. The molecule has 0 aliphatic rings. The summed E-state index contributed by atoms with van der Waals surface area (Å²) in [6.45, 7) is 1.83. The second-order valence-electron chi connectivity index (χ2n) is 5.53. The average molecular weight is 429 g/mol. The van der Waals surface area contributed by atoms with Gasteiger partial charge in [-0.2, -0.15) is 0 Å². The standard InChI is InChI=1S/C16H15BrClN3O2S/c1-10(6-11-8-19-15-5-3-2-4-13(11)15)21-24(22,23)12-7-14(17)16(18)20-9-12/h2-5,7-10,19,21H,6H2,1H3. The second-order valence-corrected chi connectivity index (χ2v) is 8.46. The van der Waals surface area contributed by atoms with E-state index >= 15 is 0 Å². The smallest absolute Gasteiger partial charge is 0.242 e. The lowest BCUT2D eigenvalue weighted by Gasteiger charge is -2.14. The van der Waals surface area contributed by atoms with E-state index in [4.69, 9.17) is 11.6 Å². The van der Waals surface area contributed by atoms with E-state index in [2.05, 4.69) is 30.6 Å². The molecule has 24 heavy (non-hydrogen) atoms. The molecule has 2 N–H and O–H groups in total. The quantitative estimate of drug-likeness (QED) is 0.605. The molecule has 0 bridgehead atoms. The van der Waals surface area contributed by atoms with Gasteiger partial charge in [-0.3, -0.25) is 0 Å². The Bertz CT molecular complexity index is 988. The zero-order valence-corrected chi connectivity index (χ0v) is 15.9. The number of benzene rings is 1. The average Bonchev–Trinajstić information content (AvgIpc) is 2.92. The molecule has 5 nitrogen and oxygen atoms in total. The fraction of sp³-hybridized carbons (Fsp3) is 0.188. The largest absolute Gasteiger partial charge is 0.361 e. The van der Waals surface area contributed by atoms with E-state index in [0.717, 1.165) is 16.5 Å². The summed E-state index contributed by atoms with van der Waals surface area (Å²) in [6, 6.07) is 9.10. The third-order valence-electron chi connectivity index (χ3n) is 3.64. The Balaban J connectivity index is 1.78. The first-order chi connectivity index (χ1) is 11.4. The first kappa shape index (κ1) is 17.4. The molecule has 2 heterocycles. The normalized spacial score (nSPS) is 13.3. The Hall–Kier alpha value is -1.41. The molecule has 0 spiro atoms. The predicted octanol–water partition coefficient (Wildman–Crippen LogP) is 3.89. The van der Waals surface area contributed by atoms with Gasteiger partial charge in [0.1, 0.15) is 10.0 Å². The first-order valence-corrected chi connectivity index (χ1v) is 9.90. The van der Waals surface area contributed by atoms with Gasteiger partial charge in [0.05, 0.1) is 4.47 Å². The number of fused-ring (bicyclic) bond motifs is 1. The number of aromatic nitrogens is 2. The van der Waals surface area contributed by atoms with Crippen molar-refractivity contribution in [2.24, 2.45) is 0 Å². The Morgan fingerprint density at radius 2 is 2.12 bits per heavy atom. The van der Waals surface area contributed by atoms with Gasteiger partial charge in [-0.15, -0.1) is 0 Å². The Morgan fingerprint density at radius 1 is 1.38 bits per heavy atom. The summed E-state index contributed by atoms with van der Waals surface area (Å²) in [6.07, 6.45) is 3.73. The number of sulfonamides is 1. The molecule has 0 fully saturated rings. The summed E-state index contributed by atoms with van der Waals surface area (Å²) in [7, 11) is -3.67. The van der Waals surface area contributed by atoms with Gasteiger partial charge in [0, 0.05) is 29.3 Å². The molecule has 8 heteroatoms. The Morgan fingerprint density at radius 3 is 2.88 bits per heavy atom. The van der Waals surface area contributed by atoms with Crippen molar-refractivity contribution >= 4 is 48.5 Å². The number of rotatable bonds is 5. The van der Waals surface area contributed by atoms with Crippen LogP contribution in [0.5, 0.6) is 0 Å². The highest BCUT2D eigenvalue weighted by Crippen LogP contribution is 2.23. The van der Waals surface area contributed by atoms with E-state index in [-0.39, 0.29) is 16.1 Å². The van der Waals surface area contributed by atoms with Crippen molar-refractivity contribution in [3.63, 3.8) is 0 Å². The van der Waals surface area contributed by atoms with E-state index in [1.165, 1.54) is 12.3 Å². The molecule has 2 aromatic heterocycles. The summed E-state index contributed by atoms with van der Waals surface area (Å²) >= 11 is 9.00. The summed E-state index contributed by atoms with van der Waals surface area (Å²) < 4.78 is 28.1. The predicted molar refractivity (Wildman–Crippen MR) is 98.7 cm³/mol. The molecule has 0 saturated heterocycles. The van der Waals surface area contributed by atoms with Crippen LogP contribution >= 0.6 is 27.5 Å². The number of halogens is 2. The lowest BCUT2D eigenvalue weighted by Crippen LogP contribution is -2.34. The van der Waals surface area contributed by atoms with Crippen LogP contribution in [-0.4, -0.2) is 24.4 Å². The number of hydrogen-bond donors (Lipinski definition) is 2. The second kappa shape index (κ2) is 6.84. The van der Waals surface area contributed by atoms with Gasteiger partial charge in [-0.05, 0) is 47.0 Å². The third-order valence-corrected chi connectivity index (χ3v) is 6.33. The molecule has 3 rings (SSSR count). The topological polar surface area (TPSA) is 74.8 Å². The third kappa shape index (κ3) is 3.64. The van der Waals surface area contributed by atoms with Crippen molar-refractivity contribution in [2.45, 2.75) is 24.3 Å². The van der Waals surface area contributed by atoms with Gasteiger partial charge >= 0.3 is 0 Å². The minimum Gasteiger partial charge on any atom is -0.361 e. The maximum absolute atomic E-state index is 12.5. The summed E-state index contributed by atoms with van der Waals surface area (Å²) in [5.41, 5.74) is 2.10. The summed E-state index contributed by atoms with van der Waals surface area (Å²) in [5, 5.41) is 1.32. The number of para-hydroxylation sites is 1. The van der Waals surface area contributed by atoms with Crippen LogP contribution < -0.4 is 4.72 Å². The first-order valence-electron chi connectivity index (χ1n) is 7.25. The molecule has 0 radical (unpaired) electrons. The lowest BCUT2D eigenvalue weighted by molar-refractivity contribution is 0.559. The molecule has 0 saturated carbocycles. The maximum Gasteiger partial charge on any atom is 0.242 e. The highest BCUT2D eigenvalue weighted by molar-refractivity contribution is 9.10. The highest BCUT2D eigenvalue weighted by atomic mass is 79.9. The van der Waals surface area contributed by atoms with E-state index in [0.29, 0.717) is 10.9 Å². The van der Waals surface area contributed by atoms with E-state index in [1.807, 2.05) is 37.4 Å². The Kier molecular flexibility index (Phi) is 4.96. The SMILES string of the molecule is CC(Cc1c[nH]c2ccccc12)NS(=O)(=O)c1cnc(Cl)c(Br)c1. The molecule has 0 aliphatic heterocycles. The zero-order chi connectivity index (χ0) is 17.3. The molecule has 1 aromatic carbocycles. The number of hydrogen-bond acceptors (Lipinski definition) is 3. The molecule has 0 aliphatic carbocycles. The van der Waals surface area contributed by atoms with Crippen molar-refractivity contribution in [2.75, 3.05) is 0 Å². The zero-order valence-electron chi connectivity index (χ0n) is 12.8. The van der Waals surface area contributed by atoms with Crippen molar-refractivity contribution < 1.29 is 8.42 Å².